The lowest BCUT2D eigenvalue weighted by molar-refractivity contribution is -0.383. The number of hydrogen-bond acceptors (Lipinski definition) is 11. The molecule has 0 aliphatic carbocycles. The summed E-state index contributed by atoms with van der Waals surface area (Å²) in [6.07, 6.45) is 2.65. The normalized spacial score (nSPS) is 10.4. The number of carbonyl (C=O) groups is 1. The van der Waals surface area contributed by atoms with Crippen LogP contribution in [0.1, 0.15) is 30.4 Å². The molecule has 0 aliphatic heterocycles. The first-order chi connectivity index (χ1) is 18.5. The molecule has 0 unspecified atom stereocenters. The first kappa shape index (κ1) is 28.0. The van der Waals surface area contributed by atoms with Crippen molar-refractivity contribution in [1.82, 2.24) is 9.97 Å². The minimum Gasteiger partial charge on any atom is -0.493 e. The van der Waals surface area contributed by atoms with Crippen LogP contribution in [-0.2, 0) is 22.7 Å². The van der Waals surface area contributed by atoms with Crippen molar-refractivity contribution >= 4 is 23.3 Å². The van der Waals surface area contributed by atoms with E-state index in [9.17, 15) is 14.9 Å². The number of methoxy groups -OCH3 is 3. The van der Waals surface area contributed by atoms with Gasteiger partial charge in [-0.1, -0.05) is 30.3 Å². The summed E-state index contributed by atoms with van der Waals surface area (Å²) in [6, 6.07) is 12.9. The quantitative estimate of drug-likeness (QED) is 0.126. The summed E-state index contributed by atoms with van der Waals surface area (Å²) in [5, 5.41) is 17.8. The van der Waals surface area contributed by atoms with E-state index in [1.54, 1.807) is 12.1 Å². The topological polar surface area (TPSA) is 147 Å². The van der Waals surface area contributed by atoms with Gasteiger partial charge in [0.05, 0.1) is 26.3 Å². The Labute approximate surface area is 220 Å². The molecule has 0 spiro atoms. The Balaban J connectivity index is 1.55. The predicted molar refractivity (Wildman–Crippen MR) is 141 cm³/mol. The highest BCUT2D eigenvalue weighted by Crippen LogP contribution is 2.38. The summed E-state index contributed by atoms with van der Waals surface area (Å²) in [4.78, 5) is 31.3. The average Bonchev–Trinajstić information content (AvgIpc) is 2.94. The number of nitrogens with zero attached hydrogens (tertiary/aromatic N) is 3. The first-order valence-corrected chi connectivity index (χ1v) is 11.9. The minimum atomic E-state index is -0.541. The van der Waals surface area contributed by atoms with Crippen molar-refractivity contribution in [3.63, 3.8) is 0 Å². The van der Waals surface area contributed by atoms with E-state index in [2.05, 4.69) is 20.6 Å². The van der Waals surface area contributed by atoms with Gasteiger partial charge in [-0.3, -0.25) is 14.9 Å². The van der Waals surface area contributed by atoms with Gasteiger partial charge >= 0.3 is 11.7 Å². The van der Waals surface area contributed by atoms with Gasteiger partial charge in [0.15, 0.2) is 11.5 Å². The minimum absolute atomic E-state index is 0.0609. The van der Waals surface area contributed by atoms with Crippen LogP contribution < -0.4 is 24.8 Å². The Kier molecular flexibility index (Phi) is 10.5. The zero-order chi connectivity index (χ0) is 27.3. The van der Waals surface area contributed by atoms with Crippen molar-refractivity contribution in [2.75, 3.05) is 38.5 Å². The third-order valence-corrected chi connectivity index (χ3v) is 5.53. The second-order valence-corrected chi connectivity index (χ2v) is 8.09. The number of anilines is 2. The van der Waals surface area contributed by atoms with Gasteiger partial charge < -0.3 is 29.6 Å². The molecule has 3 aromatic rings. The zero-order valence-corrected chi connectivity index (χ0v) is 21.6. The molecule has 1 heterocycles. The summed E-state index contributed by atoms with van der Waals surface area (Å²) in [7, 11) is 4.53. The number of nitrogens with one attached hydrogen (secondary N) is 2. The molecule has 0 saturated heterocycles. The molecule has 3 rings (SSSR count). The van der Waals surface area contributed by atoms with Crippen LogP contribution in [0.15, 0.2) is 48.8 Å². The van der Waals surface area contributed by atoms with E-state index in [0.29, 0.717) is 36.6 Å². The van der Waals surface area contributed by atoms with E-state index in [0.717, 1.165) is 11.1 Å². The van der Waals surface area contributed by atoms with E-state index in [-0.39, 0.29) is 42.9 Å². The van der Waals surface area contributed by atoms with Crippen molar-refractivity contribution in [3.8, 4) is 17.2 Å². The maximum Gasteiger partial charge on any atom is 0.353 e. The van der Waals surface area contributed by atoms with E-state index in [1.165, 1.54) is 27.7 Å². The highest BCUT2D eigenvalue weighted by molar-refractivity contribution is 5.70. The molecular weight excluding hydrogens is 494 g/mol. The smallest absolute Gasteiger partial charge is 0.353 e. The van der Waals surface area contributed by atoms with Gasteiger partial charge in [-0.25, -0.2) is 9.97 Å². The number of benzene rings is 2. The van der Waals surface area contributed by atoms with E-state index < -0.39 is 4.92 Å². The number of rotatable bonds is 15. The van der Waals surface area contributed by atoms with Crippen LogP contribution in [0.3, 0.4) is 0 Å². The van der Waals surface area contributed by atoms with Gasteiger partial charge in [-0.2, -0.15) is 0 Å². The third-order valence-electron chi connectivity index (χ3n) is 5.53. The first-order valence-electron chi connectivity index (χ1n) is 11.9. The number of hydrogen-bond donors (Lipinski definition) is 2. The van der Waals surface area contributed by atoms with Crippen molar-refractivity contribution in [3.05, 3.63) is 70.0 Å². The molecule has 0 amide bonds. The molecule has 0 bridgehead atoms. The summed E-state index contributed by atoms with van der Waals surface area (Å²) in [5.41, 5.74) is 1.39. The average molecular weight is 526 g/mol. The van der Waals surface area contributed by atoms with Gasteiger partial charge in [0.25, 0.3) is 0 Å². The Hall–Kier alpha value is -4.61. The fraction of sp³-hybridized carbons (Fsp3) is 0.346. The zero-order valence-electron chi connectivity index (χ0n) is 21.6. The molecule has 0 fully saturated rings. The lowest BCUT2D eigenvalue weighted by Gasteiger charge is -2.15. The molecule has 1 aromatic heterocycles. The lowest BCUT2D eigenvalue weighted by atomic mass is 10.1. The van der Waals surface area contributed by atoms with Crippen LogP contribution in [-0.4, -0.2) is 48.7 Å². The van der Waals surface area contributed by atoms with Crippen LogP contribution in [0.4, 0.5) is 17.3 Å². The van der Waals surface area contributed by atoms with Crippen LogP contribution >= 0.6 is 0 Å². The van der Waals surface area contributed by atoms with Crippen molar-refractivity contribution < 1.29 is 28.7 Å². The molecular formula is C26H31N5O7. The number of unbranched alkanes of at least 4 members (excludes halogenated alkanes) is 1. The summed E-state index contributed by atoms with van der Waals surface area (Å²) in [5.74, 6) is 1.23. The van der Waals surface area contributed by atoms with Crippen molar-refractivity contribution in [2.45, 2.75) is 32.4 Å². The second kappa shape index (κ2) is 14.2. The highest BCUT2D eigenvalue weighted by Gasteiger charge is 2.23. The van der Waals surface area contributed by atoms with Gasteiger partial charge in [0.1, 0.15) is 12.9 Å². The Morgan fingerprint density at radius 3 is 2.18 bits per heavy atom. The Morgan fingerprint density at radius 2 is 1.58 bits per heavy atom. The van der Waals surface area contributed by atoms with Crippen LogP contribution in [0.25, 0.3) is 0 Å². The van der Waals surface area contributed by atoms with E-state index in [1.807, 2.05) is 30.3 Å². The Morgan fingerprint density at radius 1 is 0.921 bits per heavy atom. The number of esters is 1. The molecule has 2 aromatic carbocycles. The second-order valence-electron chi connectivity index (χ2n) is 8.09. The number of nitro groups is 1. The summed E-state index contributed by atoms with van der Waals surface area (Å²) >= 11 is 0. The van der Waals surface area contributed by atoms with Gasteiger partial charge in [0, 0.05) is 19.5 Å². The predicted octanol–water partition coefficient (Wildman–Crippen LogP) is 4.35. The van der Waals surface area contributed by atoms with Crippen molar-refractivity contribution in [2.24, 2.45) is 0 Å². The van der Waals surface area contributed by atoms with Gasteiger partial charge in [0.2, 0.25) is 17.4 Å². The summed E-state index contributed by atoms with van der Waals surface area (Å²) < 4.78 is 21.3. The molecule has 2 N–H and O–H groups in total. The largest absolute Gasteiger partial charge is 0.493 e. The number of aromatic nitrogens is 2. The maximum atomic E-state index is 12.0. The highest BCUT2D eigenvalue weighted by atomic mass is 16.6. The SMILES string of the molecule is COc1cc(CNc2ncnc(NCCCCC(=O)OCc3ccccc3)c2[N+](=O)[O-])cc(OC)c1OC. The molecule has 12 heteroatoms. The lowest BCUT2D eigenvalue weighted by Crippen LogP contribution is -2.11. The van der Waals surface area contributed by atoms with Crippen LogP contribution in [0, 0.1) is 10.1 Å². The maximum absolute atomic E-state index is 12.0. The summed E-state index contributed by atoms with van der Waals surface area (Å²) in [6.45, 7) is 0.826. The fourth-order valence-corrected chi connectivity index (χ4v) is 3.65. The molecule has 12 nitrogen and oxygen atoms in total. The third kappa shape index (κ3) is 7.69. The van der Waals surface area contributed by atoms with E-state index >= 15 is 0 Å². The standard InChI is InChI=1S/C26H31N5O7/c1-35-20-13-19(14-21(36-2)24(20)37-3)15-28-26-23(31(33)34)25(29-17-30-26)27-12-8-7-11-22(32)38-16-18-9-5-4-6-10-18/h4-6,9-10,13-14,17H,7-8,11-12,15-16H2,1-3H3,(H2,27,28,29,30). The van der Waals surface area contributed by atoms with Crippen LogP contribution in [0.2, 0.25) is 0 Å². The molecule has 0 saturated carbocycles. The van der Waals surface area contributed by atoms with Gasteiger partial charge in [-0.15, -0.1) is 0 Å². The molecule has 202 valence electrons. The molecule has 0 radical (unpaired) electrons. The molecule has 0 aliphatic rings. The fourth-order valence-electron chi connectivity index (χ4n) is 3.65. The molecule has 38 heavy (non-hydrogen) atoms. The van der Waals surface area contributed by atoms with Gasteiger partial charge in [-0.05, 0) is 36.1 Å². The Bertz CT molecular complexity index is 1200. The number of carbonyl (C=O) groups excluding carboxylic acids is 1. The van der Waals surface area contributed by atoms with Crippen molar-refractivity contribution in [1.29, 1.82) is 0 Å². The van der Waals surface area contributed by atoms with Crippen LogP contribution in [0.5, 0.6) is 17.2 Å². The van der Waals surface area contributed by atoms with E-state index in [4.69, 9.17) is 18.9 Å². The monoisotopic (exact) mass is 525 g/mol. The number of ether oxygens (including phenoxy) is 4. The molecule has 0 atom stereocenters.